The van der Waals surface area contributed by atoms with E-state index in [4.69, 9.17) is 4.74 Å². The van der Waals surface area contributed by atoms with Crippen molar-refractivity contribution in [2.75, 3.05) is 6.61 Å². The molecule has 0 amide bonds. The SMILES string of the molecule is CCCCCCOc1ccc(-c2c(CCCC)cccc2-c2ccccc2)cc1C#N. The maximum atomic E-state index is 9.80. The smallest absolute Gasteiger partial charge is 0.137 e. The number of aryl methyl sites for hydroxylation is 1. The maximum absolute atomic E-state index is 9.80. The molecule has 31 heavy (non-hydrogen) atoms. The van der Waals surface area contributed by atoms with E-state index < -0.39 is 0 Å². The standard InChI is InChI=1S/C29H33NO/c1-3-5-7-11-20-31-28-19-18-25(21-26(28)22-30)29-24(13-6-4-2)16-12-17-27(29)23-14-9-8-10-15-23/h8-10,12,14-19,21H,3-7,11,13,20H2,1-2H3. The summed E-state index contributed by atoms with van der Waals surface area (Å²) in [4.78, 5) is 0. The van der Waals surface area contributed by atoms with Crippen LogP contribution in [0.25, 0.3) is 22.3 Å². The minimum absolute atomic E-state index is 0.609. The molecule has 0 aromatic heterocycles. The third-order valence-corrected chi connectivity index (χ3v) is 5.68. The van der Waals surface area contributed by atoms with Gasteiger partial charge in [-0.15, -0.1) is 0 Å². The lowest BCUT2D eigenvalue weighted by Gasteiger charge is -2.17. The van der Waals surface area contributed by atoms with Crippen LogP contribution < -0.4 is 4.74 Å². The third kappa shape index (κ3) is 5.98. The molecule has 0 saturated carbocycles. The zero-order chi connectivity index (χ0) is 21.9. The largest absolute Gasteiger partial charge is 0.492 e. The number of benzene rings is 3. The van der Waals surface area contributed by atoms with E-state index >= 15 is 0 Å². The summed E-state index contributed by atoms with van der Waals surface area (Å²) in [5.41, 5.74) is 6.67. The molecule has 0 spiro atoms. The van der Waals surface area contributed by atoms with E-state index in [0.29, 0.717) is 17.9 Å². The van der Waals surface area contributed by atoms with E-state index in [2.05, 4.69) is 68.4 Å². The first-order chi connectivity index (χ1) is 15.3. The molecule has 0 radical (unpaired) electrons. The van der Waals surface area contributed by atoms with Crippen LogP contribution in [-0.4, -0.2) is 6.61 Å². The molecule has 0 unspecified atom stereocenters. The van der Waals surface area contributed by atoms with Crippen LogP contribution in [0.4, 0.5) is 0 Å². The van der Waals surface area contributed by atoms with Crippen molar-refractivity contribution >= 4 is 0 Å². The average molecular weight is 412 g/mol. The normalized spacial score (nSPS) is 10.6. The Kier molecular flexibility index (Phi) is 8.73. The van der Waals surface area contributed by atoms with Gasteiger partial charge >= 0.3 is 0 Å². The lowest BCUT2D eigenvalue weighted by molar-refractivity contribution is 0.304. The Hall–Kier alpha value is -3.05. The zero-order valence-electron chi connectivity index (χ0n) is 18.9. The molecule has 3 aromatic carbocycles. The Bertz CT molecular complexity index is 1000. The van der Waals surface area contributed by atoms with Crippen LogP contribution in [0.5, 0.6) is 5.75 Å². The highest BCUT2D eigenvalue weighted by atomic mass is 16.5. The molecular formula is C29H33NO. The van der Waals surface area contributed by atoms with Gasteiger partial charge in [-0.25, -0.2) is 0 Å². The van der Waals surface area contributed by atoms with Gasteiger partial charge in [-0.1, -0.05) is 94.1 Å². The van der Waals surface area contributed by atoms with Crippen LogP contribution in [-0.2, 0) is 6.42 Å². The van der Waals surface area contributed by atoms with E-state index in [1.165, 1.54) is 41.5 Å². The fraction of sp³-hybridized carbons (Fsp3) is 0.345. The van der Waals surface area contributed by atoms with Crippen molar-refractivity contribution in [3.05, 3.63) is 77.9 Å². The van der Waals surface area contributed by atoms with E-state index in [9.17, 15) is 5.26 Å². The number of nitriles is 1. The number of unbranched alkanes of at least 4 members (excludes halogenated alkanes) is 4. The van der Waals surface area contributed by atoms with Gasteiger partial charge in [0.05, 0.1) is 12.2 Å². The summed E-state index contributed by atoms with van der Waals surface area (Å²) in [6, 6.07) is 25.5. The molecule has 0 atom stereocenters. The van der Waals surface area contributed by atoms with Crippen molar-refractivity contribution < 1.29 is 4.74 Å². The Morgan fingerprint density at radius 1 is 0.774 bits per heavy atom. The van der Waals surface area contributed by atoms with Gasteiger partial charge < -0.3 is 4.74 Å². The molecule has 0 aliphatic carbocycles. The van der Waals surface area contributed by atoms with Gasteiger partial charge in [0.2, 0.25) is 0 Å². The highest BCUT2D eigenvalue weighted by Gasteiger charge is 2.14. The first kappa shape index (κ1) is 22.6. The van der Waals surface area contributed by atoms with E-state index in [0.717, 1.165) is 31.2 Å². The van der Waals surface area contributed by atoms with Gasteiger partial charge in [-0.2, -0.15) is 5.26 Å². The molecular weight excluding hydrogens is 378 g/mol. The molecule has 0 aliphatic heterocycles. The van der Waals surface area contributed by atoms with Crippen molar-refractivity contribution in [3.8, 4) is 34.1 Å². The molecule has 3 aromatic rings. The van der Waals surface area contributed by atoms with Gasteiger partial charge in [0.25, 0.3) is 0 Å². The Labute approximate surface area is 187 Å². The fourth-order valence-corrected chi connectivity index (χ4v) is 3.98. The number of rotatable bonds is 11. The minimum Gasteiger partial charge on any atom is -0.492 e. The number of hydrogen-bond acceptors (Lipinski definition) is 2. The number of hydrogen-bond donors (Lipinski definition) is 0. The lowest BCUT2D eigenvalue weighted by atomic mass is 9.88. The lowest BCUT2D eigenvalue weighted by Crippen LogP contribution is -2.00. The maximum Gasteiger partial charge on any atom is 0.137 e. The van der Waals surface area contributed by atoms with Crippen LogP contribution in [0.3, 0.4) is 0 Å². The zero-order valence-corrected chi connectivity index (χ0v) is 18.9. The van der Waals surface area contributed by atoms with Gasteiger partial charge in [0.15, 0.2) is 0 Å². The molecule has 0 bridgehead atoms. The van der Waals surface area contributed by atoms with Crippen molar-refractivity contribution in [2.24, 2.45) is 0 Å². The van der Waals surface area contributed by atoms with Gasteiger partial charge in [0.1, 0.15) is 11.8 Å². The third-order valence-electron chi connectivity index (χ3n) is 5.68. The summed E-state index contributed by atoms with van der Waals surface area (Å²) in [5, 5.41) is 9.80. The molecule has 0 fully saturated rings. The van der Waals surface area contributed by atoms with Crippen LogP contribution >= 0.6 is 0 Å². The summed E-state index contributed by atoms with van der Waals surface area (Å²) in [7, 11) is 0. The first-order valence-electron chi connectivity index (χ1n) is 11.6. The summed E-state index contributed by atoms with van der Waals surface area (Å²) in [6.07, 6.45) is 7.96. The Morgan fingerprint density at radius 2 is 1.58 bits per heavy atom. The summed E-state index contributed by atoms with van der Waals surface area (Å²) >= 11 is 0. The quantitative estimate of drug-likeness (QED) is 0.298. The van der Waals surface area contributed by atoms with Crippen molar-refractivity contribution in [1.82, 2.24) is 0 Å². The average Bonchev–Trinajstić information content (AvgIpc) is 2.83. The van der Waals surface area contributed by atoms with Gasteiger partial charge in [-0.3, -0.25) is 0 Å². The highest BCUT2D eigenvalue weighted by Crippen LogP contribution is 2.37. The topological polar surface area (TPSA) is 33.0 Å². The molecule has 2 heteroatoms. The molecule has 0 saturated heterocycles. The second-order valence-electron chi connectivity index (χ2n) is 8.04. The van der Waals surface area contributed by atoms with Crippen molar-refractivity contribution in [3.63, 3.8) is 0 Å². The fourth-order valence-electron chi connectivity index (χ4n) is 3.98. The molecule has 3 rings (SSSR count). The summed E-state index contributed by atoms with van der Waals surface area (Å²) in [5.74, 6) is 0.690. The summed E-state index contributed by atoms with van der Waals surface area (Å²) < 4.78 is 5.95. The molecule has 0 heterocycles. The molecule has 2 nitrogen and oxygen atoms in total. The highest BCUT2D eigenvalue weighted by molar-refractivity contribution is 5.86. The van der Waals surface area contributed by atoms with Crippen LogP contribution in [0.1, 0.15) is 63.5 Å². The Morgan fingerprint density at radius 3 is 2.32 bits per heavy atom. The number of ether oxygens (including phenoxy) is 1. The summed E-state index contributed by atoms with van der Waals surface area (Å²) in [6.45, 7) is 5.09. The van der Waals surface area contributed by atoms with E-state index in [1.807, 2.05) is 18.2 Å². The molecule has 0 aliphatic rings. The van der Waals surface area contributed by atoms with Crippen LogP contribution in [0.15, 0.2) is 66.7 Å². The van der Waals surface area contributed by atoms with Gasteiger partial charge in [-0.05, 0) is 59.2 Å². The monoisotopic (exact) mass is 411 g/mol. The number of nitrogens with zero attached hydrogens (tertiary/aromatic N) is 1. The minimum atomic E-state index is 0.609. The second-order valence-corrected chi connectivity index (χ2v) is 8.04. The second kappa shape index (κ2) is 12.0. The van der Waals surface area contributed by atoms with Crippen molar-refractivity contribution in [2.45, 2.75) is 58.8 Å². The molecule has 0 N–H and O–H groups in total. The molecule has 160 valence electrons. The van der Waals surface area contributed by atoms with Crippen molar-refractivity contribution in [1.29, 1.82) is 5.26 Å². The van der Waals surface area contributed by atoms with Gasteiger partial charge in [0, 0.05) is 0 Å². The first-order valence-corrected chi connectivity index (χ1v) is 11.6. The van der Waals surface area contributed by atoms with E-state index in [1.54, 1.807) is 0 Å². The van der Waals surface area contributed by atoms with Crippen LogP contribution in [0.2, 0.25) is 0 Å². The van der Waals surface area contributed by atoms with Crippen LogP contribution in [0, 0.1) is 11.3 Å². The predicted molar refractivity (Wildman–Crippen MR) is 130 cm³/mol. The predicted octanol–water partition coefficient (Wildman–Crippen LogP) is 8.19. The van der Waals surface area contributed by atoms with E-state index in [-0.39, 0.29) is 0 Å². The Balaban J connectivity index is 1.98.